The molecule has 1 heterocycles. The van der Waals surface area contributed by atoms with E-state index < -0.39 is 0 Å². The predicted octanol–water partition coefficient (Wildman–Crippen LogP) is 1.17. The van der Waals surface area contributed by atoms with E-state index in [1.165, 1.54) is 12.5 Å². The van der Waals surface area contributed by atoms with Crippen LogP contribution in [0, 0.1) is 0 Å². The van der Waals surface area contributed by atoms with Gasteiger partial charge in [-0.3, -0.25) is 4.79 Å². The maximum atomic E-state index is 11.3. The zero-order valence-corrected chi connectivity index (χ0v) is 8.19. The van der Waals surface area contributed by atoms with Gasteiger partial charge in [0.05, 0.1) is 17.9 Å². The van der Waals surface area contributed by atoms with Gasteiger partial charge in [0.25, 0.3) is 5.91 Å². The minimum Gasteiger partial charge on any atom is -0.472 e. The molecule has 0 saturated carbocycles. The van der Waals surface area contributed by atoms with E-state index in [1.807, 2.05) is 0 Å². The molecule has 0 spiro atoms. The van der Waals surface area contributed by atoms with Crippen LogP contribution in [0.25, 0.3) is 0 Å². The SMILES string of the molecule is CC(O)CCCNC(=O)c1ccoc1. The third-order valence-electron chi connectivity index (χ3n) is 1.87. The molecule has 1 aromatic rings. The van der Waals surface area contributed by atoms with Crippen molar-refractivity contribution >= 4 is 5.91 Å². The lowest BCUT2D eigenvalue weighted by Gasteiger charge is -2.04. The van der Waals surface area contributed by atoms with Crippen LogP contribution in [0.1, 0.15) is 30.1 Å². The van der Waals surface area contributed by atoms with Crippen LogP contribution in [0.2, 0.25) is 0 Å². The van der Waals surface area contributed by atoms with Gasteiger partial charge in [-0.2, -0.15) is 0 Å². The first-order valence-corrected chi connectivity index (χ1v) is 4.68. The van der Waals surface area contributed by atoms with Gasteiger partial charge in [-0.15, -0.1) is 0 Å². The molecule has 2 N–H and O–H groups in total. The molecule has 4 heteroatoms. The molecule has 0 aliphatic rings. The maximum absolute atomic E-state index is 11.3. The molecule has 1 rings (SSSR count). The Kier molecular flexibility index (Phi) is 4.19. The Labute approximate surface area is 82.9 Å². The minimum absolute atomic E-state index is 0.135. The average molecular weight is 197 g/mol. The molecule has 0 fully saturated rings. The topological polar surface area (TPSA) is 62.5 Å². The van der Waals surface area contributed by atoms with E-state index in [-0.39, 0.29) is 12.0 Å². The maximum Gasteiger partial charge on any atom is 0.254 e. The number of hydrogen-bond acceptors (Lipinski definition) is 3. The highest BCUT2D eigenvalue weighted by molar-refractivity contribution is 5.93. The van der Waals surface area contributed by atoms with Gasteiger partial charge in [0.1, 0.15) is 6.26 Å². The summed E-state index contributed by atoms with van der Waals surface area (Å²) in [6.07, 6.45) is 4.04. The van der Waals surface area contributed by atoms with Gasteiger partial charge in [-0.25, -0.2) is 0 Å². The van der Waals surface area contributed by atoms with E-state index >= 15 is 0 Å². The first-order valence-electron chi connectivity index (χ1n) is 4.68. The number of furan rings is 1. The first kappa shape index (κ1) is 10.8. The molecular weight excluding hydrogens is 182 g/mol. The van der Waals surface area contributed by atoms with Crippen LogP contribution in [0.4, 0.5) is 0 Å². The zero-order valence-electron chi connectivity index (χ0n) is 8.19. The van der Waals surface area contributed by atoms with E-state index in [0.717, 1.165) is 6.42 Å². The molecule has 0 bridgehead atoms. The van der Waals surface area contributed by atoms with Crippen molar-refractivity contribution in [2.75, 3.05) is 6.54 Å². The minimum atomic E-state index is -0.305. The van der Waals surface area contributed by atoms with Crippen molar-refractivity contribution in [3.8, 4) is 0 Å². The van der Waals surface area contributed by atoms with Gasteiger partial charge in [-0.1, -0.05) is 0 Å². The molecule has 1 unspecified atom stereocenters. The number of aliphatic hydroxyl groups excluding tert-OH is 1. The van der Waals surface area contributed by atoms with E-state index in [4.69, 9.17) is 9.52 Å². The highest BCUT2D eigenvalue weighted by Gasteiger charge is 2.05. The van der Waals surface area contributed by atoms with Gasteiger partial charge >= 0.3 is 0 Å². The summed E-state index contributed by atoms with van der Waals surface area (Å²) < 4.78 is 4.78. The Balaban J connectivity index is 2.16. The van der Waals surface area contributed by atoms with Gasteiger partial charge in [0, 0.05) is 6.54 Å². The fraction of sp³-hybridized carbons (Fsp3) is 0.500. The molecule has 4 nitrogen and oxygen atoms in total. The van der Waals surface area contributed by atoms with E-state index in [2.05, 4.69) is 5.32 Å². The monoisotopic (exact) mass is 197 g/mol. The molecule has 0 aliphatic heterocycles. The van der Waals surface area contributed by atoms with Crippen molar-refractivity contribution in [2.45, 2.75) is 25.9 Å². The Bertz CT molecular complexity index is 267. The van der Waals surface area contributed by atoms with Crippen LogP contribution in [0.5, 0.6) is 0 Å². The summed E-state index contributed by atoms with van der Waals surface area (Å²) >= 11 is 0. The lowest BCUT2D eigenvalue weighted by Crippen LogP contribution is -2.24. The molecule has 1 aromatic heterocycles. The van der Waals surface area contributed by atoms with Gasteiger partial charge < -0.3 is 14.8 Å². The normalized spacial score (nSPS) is 12.4. The van der Waals surface area contributed by atoms with Gasteiger partial charge in [0.15, 0.2) is 0 Å². The second kappa shape index (κ2) is 5.44. The third kappa shape index (κ3) is 3.62. The summed E-state index contributed by atoms with van der Waals surface area (Å²) in [5.41, 5.74) is 0.530. The number of amides is 1. The molecule has 0 saturated heterocycles. The molecule has 14 heavy (non-hydrogen) atoms. The Morgan fingerprint density at radius 2 is 2.50 bits per heavy atom. The van der Waals surface area contributed by atoms with Crippen molar-refractivity contribution in [3.05, 3.63) is 24.2 Å². The fourth-order valence-corrected chi connectivity index (χ4v) is 1.10. The second-order valence-electron chi connectivity index (χ2n) is 3.26. The molecule has 78 valence electrons. The van der Waals surface area contributed by atoms with E-state index in [0.29, 0.717) is 18.5 Å². The second-order valence-corrected chi connectivity index (χ2v) is 3.26. The Morgan fingerprint density at radius 1 is 1.71 bits per heavy atom. The lowest BCUT2D eigenvalue weighted by molar-refractivity contribution is 0.0949. The molecule has 1 amide bonds. The van der Waals surface area contributed by atoms with E-state index in [1.54, 1.807) is 13.0 Å². The number of carbonyl (C=O) groups excluding carboxylic acids is 1. The van der Waals surface area contributed by atoms with E-state index in [9.17, 15) is 4.79 Å². The summed E-state index contributed by atoms with van der Waals surface area (Å²) in [6, 6.07) is 1.62. The van der Waals surface area contributed by atoms with Crippen LogP contribution in [-0.2, 0) is 0 Å². The highest BCUT2D eigenvalue weighted by Crippen LogP contribution is 1.99. The van der Waals surface area contributed by atoms with Crippen LogP contribution in [0.3, 0.4) is 0 Å². The van der Waals surface area contributed by atoms with Crippen molar-refractivity contribution in [2.24, 2.45) is 0 Å². The standard InChI is InChI=1S/C10H15NO3/c1-8(12)3-2-5-11-10(13)9-4-6-14-7-9/h4,6-8,12H,2-3,5H2,1H3,(H,11,13). The van der Waals surface area contributed by atoms with Crippen LogP contribution in [-0.4, -0.2) is 23.7 Å². The molecular formula is C10H15NO3. The van der Waals surface area contributed by atoms with Gasteiger partial charge in [0.2, 0.25) is 0 Å². The average Bonchev–Trinajstić information content (AvgIpc) is 2.64. The van der Waals surface area contributed by atoms with Crippen molar-refractivity contribution in [1.29, 1.82) is 0 Å². The Morgan fingerprint density at radius 3 is 3.07 bits per heavy atom. The highest BCUT2D eigenvalue weighted by atomic mass is 16.3. The molecule has 1 atom stereocenters. The number of hydrogen-bond donors (Lipinski definition) is 2. The quantitative estimate of drug-likeness (QED) is 0.696. The molecule has 0 aliphatic carbocycles. The summed E-state index contributed by atoms with van der Waals surface area (Å²) in [5, 5.41) is 11.7. The lowest BCUT2D eigenvalue weighted by atomic mass is 10.2. The number of aliphatic hydroxyl groups is 1. The van der Waals surface area contributed by atoms with Crippen LogP contribution < -0.4 is 5.32 Å². The summed E-state index contributed by atoms with van der Waals surface area (Å²) in [7, 11) is 0. The molecule has 0 aromatic carbocycles. The predicted molar refractivity (Wildman–Crippen MR) is 52.0 cm³/mol. The number of rotatable bonds is 5. The van der Waals surface area contributed by atoms with Crippen molar-refractivity contribution < 1.29 is 14.3 Å². The van der Waals surface area contributed by atoms with Crippen LogP contribution >= 0.6 is 0 Å². The summed E-state index contributed by atoms with van der Waals surface area (Å²) in [4.78, 5) is 11.3. The third-order valence-corrected chi connectivity index (χ3v) is 1.87. The van der Waals surface area contributed by atoms with Gasteiger partial charge in [-0.05, 0) is 25.8 Å². The Hall–Kier alpha value is -1.29. The first-order chi connectivity index (χ1) is 6.70. The summed E-state index contributed by atoms with van der Waals surface area (Å²) in [6.45, 7) is 2.31. The molecule has 0 radical (unpaired) electrons. The number of nitrogens with one attached hydrogen (secondary N) is 1. The van der Waals surface area contributed by atoms with Crippen molar-refractivity contribution in [3.63, 3.8) is 0 Å². The van der Waals surface area contributed by atoms with Crippen molar-refractivity contribution in [1.82, 2.24) is 5.32 Å². The summed E-state index contributed by atoms with van der Waals surface area (Å²) in [5.74, 6) is -0.135. The van der Waals surface area contributed by atoms with Crippen LogP contribution in [0.15, 0.2) is 23.0 Å². The fourth-order valence-electron chi connectivity index (χ4n) is 1.10. The number of carbonyl (C=O) groups is 1. The zero-order chi connectivity index (χ0) is 10.4. The largest absolute Gasteiger partial charge is 0.472 e. The smallest absolute Gasteiger partial charge is 0.254 e.